The van der Waals surface area contributed by atoms with Gasteiger partial charge in [-0.2, -0.15) is 0 Å². The summed E-state index contributed by atoms with van der Waals surface area (Å²) in [5.41, 5.74) is 0. The molecule has 0 bridgehead atoms. The molecule has 1 saturated heterocycles. The van der Waals surface area contributed by atoms with E-state index in [2.05, 4.69) is 24.5 Å². The van der Waals surface area contributed by atoms with Crippen LogP contribution in [0, 0.1) is 17.8 Å². The molecule has 1 aliphatic heterocycles. The van der Waals surface area contributed by atoms with Gasteiger partial charge in [-0.1, -0.05) is 20.3 Å². The average Bonchev–Trinajstić information content (AvgIpc) is 2.97. The highest BCUT2D eigenvalue weighted by Crippen LogP contribution is 2.33. The molecule has 0 amide bonds. The van der Waals surface area contributed by atoms with Gasteiger partial charge in [0.05, 0.1) is 13.2 Å². The van der Waals surface area contributed by atoms with Crippen LogP contribution >= 0.6 is 0 Å². The molecule has 2 saturated carbocycles. The van der Waals surface area contributed by atoms with Crippen LogP contribution in [0.25, 0.3) is 0 Å². The molecule has 3 atom stereocenters. The fraction of sp³-hybridized carbons (Fsp3) is 1.00. The van der Waals surface area contributed by atoms with Crippen molar-refractivity contribution in [2.75, 3.05) is 19.8 Å². The maximum absolute atomic E-state index is 5.68. The molecule has 3 rings (SSSR count). The normalized spacial score (nSPS) is 41.6. The highest BCUT2D eigenvalue weighted by Gasteiger charge is 2.36. The zero-order valence-electron chi connectivity index (χ0n) is 13.9. The fourth-order valence-corrected chi connectivity index (χ4v) is 4.79. The highest BCUT2D eigenvalue weighted by molar-refractivity contribution is 4.94. The van der Waals surface area contributed by atoms with Crippen LogP contribution in [0.4, 0.5) is 0 Å². The Labute approximate surface area is 130 Å². The van der Waals surface area contributed by atoms with E-state index in [1.54, 1.807) is 0 Å². The Balaban J connectivity index is 1.48. The zero-order valence-corrected chi connectivity index (χ0v) is 13.9. The van der Waals surface area contributed by atoms with Gasteiger partial charge in [-0.15, -0.1) is 0 Å². The molecule has 21 heavy (non-hydrogen) atoms. The molecule has 0 aromatic heterocycles. The van der Waals surface area contributed by atoms with Gasteiger partial charge in [0.25, 0.3) is 0 Å². The lowest BCUT2D eigenvalue weighted by molar-refractivity contribution is 0.0508. The Morgan fingerprint density at radius 1 is 1.05 bits per heavy atom. The zero-order chi connectivity index (χ0) is 14.7. The summed E-state index contributed by atoms with van der Waals surface area (Å²) in [5, 5.41) is 7.71. The Hall–Kier alpha value is -0.120. The minimum absolute atomic E-state index is 0.589. The summed E-state index contributed by atoms with van der Waals surface area (Å²) in [4.78, 5) is 0. The van der Waals surface area contributed by atoms with Crippen molar-refractivity contribution in [3.05, 3.63) is 0 Å². The van der Waals surface area contributed by atoms with Crippen molar-refractivity contribution in [1.82, 2.24) is 10.6 Å². The van der Waals surface area contributed by atoms with Gasteiger partial charge in [-0.05, 0) is 56.3 Å². The summed E-state index contributed by atoms with van der Waals surface area (Å²) in [7, 11) is 0. The first-order valence-corrected chi connectivity index (χ1v) is 9.31. The summed E-state index contributed by atoms with van der Waals surface area (Å²) in [5.74, 6) is 2.62. The predicted octanol–water partition coefficient (Wildman–Crippen LogP) is 2.95. The molecule has 2 N–H and O–H groups in total. The quantitative estimate of drug-likeness (QED) is 0.836. The van der Waals surface area contributed by atoms with Crippen molar-refractivity contribution in [3.63, 3.8) is 0 Å². The molecule has 0 aromatic carbocycles. The molecular weight excluding hydrogens is 260 g/mol. The minimum atomic E-state index is 0.589. The van der Waals surface area contributed by atoms with Crippen LogP contribution in [0.15, 0.2) is 0 Å². The van der Waals surface area contributed by atoms with E-state index in [1.807, 2.05) is 0 Å². The second-order valence-electron chi connectivity index (χ2n) is 7.86. The first-order chi connectivity index (χ1) is 10.2. The van der Waals surface area contributed by atoms with E-state index >= 15 is 0 Å². The van der Waals surface area contributed by atoms with Gasteiger partial charge in [-0.25, -0.2) is 0 Å². The Morgan fingerprint density at radius 2 is 1.86 bits per heavy atom. The van der Waals surface area contributed by atoms with Crippen molar-refractivity contribution in [2.45, 2.75) is 76.9 Å². The third kappa shape index (κ3) is 4.00. The van der Waals surface area contributed by atoms with E-state index in [-0.39, 0.29) is 0 Å². The second-order valence-corrected chi connectivity index (χ2v) is 7.86. The lowest BCUT2D eigenvalue weighted by atomic mass is 9.79. The average molecular weight is 294 g/mol. The Morgan fingerprint density at radius 3 is 2.52 bits per heavy atom. The van der Waals surface area contributed by atoms with E-state index in [4.69, 9.17) is 4.74 Å². The van der Waals surface area contributed by atoms with Crippen LogP contribution in [0.3, 0.4) is 0 Å². The monoisotopic (exact) mass is 294 g/mol. The van der Waals surface area contributed by atoms with Crippen molar-refractivity contribution >= 4 is 0 Å². The largest absolute Gasteiger partial charge is 0.379 e. The number of hydrogen-bond acceptors (Lipinski definition) is 3. The highest BCUT2D eigenvalue weighted by atomic mass is 16.5. The van der Waals surface area contributed by atoms with Crippen molar-refractivity contribution in [3.8, 4) is 0 Å². The Kier molecular flexibility index (Phi) is 5.58. The molecule has 3 aliphatic rings. The number of nitrogens with one attached hydrogen (secondary N) is 2. The lowest BCUT2D eigenvalue weighted by Crippen LogP contribution is -2.52. The fourth-order valence-electron chi connectivity index (χ4n) is 4.79. The van der Waals surface area contributed by atoms with Gasteiger partial charge in [0.1, 0.15) is 0 Å². The van der Waals surface area contributed by atoms with E-state index in [9.17, 15) is 0 Å². The molecule has 0 aromatic rings. The lowest BCUT2D eigenvalue weighted by Gasteiger charge is -2.37. The van der Waals surface area contributed by atoms with Crippen molar-refractivity contribution in [2.24, 2.45) is 17.8 Å². The van der Waals surface area contributed by atoms with E-state index in [1.165, 1.54) is 44.9 Å². The molecular formula is C18H34N2O. The standard InChI is InChI=1S/C18H34N2O/c1-13(2)14-6-8-15(9-7-14)20-17-5-3-4-16(17)18-12-21-11-10-19-18/h13-20H,3-12H2,1-2H3. The smallest absolute Gasteiger partial charge is 0.0623 e. The molecule has 3 nitrogen and oxygen atoms in total. The molecule has 1 heterocycles. The first kappa shape index (κ1) is 15.8. The van der Waals surface area contributed by atoms with Crippen LogP contribution in [0.2, 0.25) is 0 Å². The van der Waals surface area contributed by atoms with Crippen LogP contribution in [-0.4, -0.2) is 37.9 Å². The maximum atomic E-state index is 5.68. The molecule has 2 aliphatic carbocycles. The van der Waals surface area contributed by atoms with Gasteiger partial charge >= 0.3 is 0 Å². The summed E-state index contributed by atoms with van der Waals surface area (Å²) in [6, 6.07) is 2.09. The first-order valence-electron chi connectivity index (χ1n) is 9.31. The molecule has 3 unspecified atom stereocenters. The van der Waals surface area contributed by atoms with Gasteiger partial charge in [0.2, 0.25) is 0 Å². The van der Waals surface area contributed by atoms with Crippen molar-refractivity contribution in [1.29, 1.82) is 0 Å². The SMILES string of the molecule is CC(C)C1CCC(NC2CCCC2C2COCCN2)CC1. The maximum Gasteiger partial charge on any atom is 0.0623 e. The van der Waals surface area contributed by atoms with Crippen LogP contribution < -0.4 is 10.6 Å². The summed E-state index contributed by atoms with van der Waals surface area (Å²) < 4.78 is 5.68. The van der Waals surface area contributed by atoms with Crippen LogP contribution in [-0.2, 0) is 4.74 Å². The summed E-state index contributed by atoms with van der Waals surface area (Å²) in [6.45, 7) is 7.62. The van der Waals surface area contributed by atoms with E-state index in [0.717, 1.165) is 49.6 Å². The van der Waals surface area contributed by atoms with Gasteiger partial charge in [-0.3, -0.25) is 0 Å². The van der Waals surface area contributed by atoms with Crippen LogP contribution in [0.1, 0.15) is 58.8 Å². The number of rotatable bonds is 4. The van der Waals surface area contributed by atoms with Gasteiger partial charge in [0, 0.05) is 24.7 Å². The summed E-state index contributed by atoms with van der Waals surface area (Å²) >= 11 is 0. The Bertz CT molecular complexity index is 306. The molecule has 0 radical (unpaired) electrons. The topological polar surface area (TPSA) is 33.3 Å². The number of hydrogen-bond donors (Lipinski definition) is 2. The second kappa shape index (κ2) is 7.43. The molecule has 3 fully saturated rings. The molecule has 3 heteroatoms. The van der Waals surface area contributed by atoms with E-state index in [0.29, 0.717) is 6.04 Å². The number of ether oxygens (including phenoxy) is 1. The van der Waals surface area contributed by atoms with Gasteiger partial charge in [0.15, 0.2) is 0 Å². The van der Waals surface area contributed by atoms with Gasteiger partial charge < -0.3 is 15.4 Å². The molecule has 122 valence electrons. The number of morpholine rings is 1. The minimum Gasteiger partial charge on any atom is -0.379 e. The third-order valence-electron chi connectivity index (χ3n) is 6.20. The molecule has 0 spiro atoms. The third-order valence-corrected chi connectivity index (χ3v) is 6.20. The van der Waals surface area contributed by atoms with Crippen LogP contribution in [0.5, 0.6) is 0 Å². The van der Waals surface area contributed by atoms with E-state index < -0.39 is 0 Å². The summed E-state index contributed by atoms with van der Waals surface area (Å²) in [6.07, 6.45) is 9.77. The predicted molar refractivity (Wildman–Crippen MR) is 87.5 cm³/mol. The van der Waals surface area contributed by atoms with Crippen molar-refractivity contribution < 1.29 is 4.74 Å².